The molecule has 0 aromatic heterocycles. The van der Waals surface area contributed by atoms with Gasteiger partial charge in [0.25, 0.3) is 0 Å². The van der Waals surface area contributed by atoms with Gasteiger partial charge in [-0.15, -0.1) is 0 Å². The molecule has 0 fully saturated rings. The van der Waals surface area contributed by atoms with Crippen LogP contribution in [0.1, 0.15) is 17.5 Å². The van der Waals surface area contributed by atoms with Gasteiger partial charge in [-0.1, -0.05) is 24.3 Å². The molecule has 3 rings (SSSR count). The maximum atomic E-state index is 12.2. The van der Waals surface area contributed by atoms with Crippen LogP contribution in [0.5, 0.6) is 0 Å². The van der Waals surface area contributed by atoms with Gasteiger partial charge >= 0.3 is 0 Å². The van der Waals surface area contributed by atoms with Crippen molar-refractivity contribution in [2.75, 3.05) is 23.3 Å². The molecule has 4 heteroatoms. The number of anilines is 2. The third kappa shape index (κ3) is 3.33. The third-order valence-electron chi connectivity index (χ3n) is 3.99. The fourth-order valence-electron chi connectivity index (χ4n) is 2.81. The fraction of sp³-hybridized carbons (Fsp3) is 0.278. The van der Waals surface area contributed by atoms with E-state index in [2.05, 4.69) is 50.4 Å². The van der Waals surface area contributed by atoms with Gasteiger partial charge in [0.1, 0.15) is 0 Å². The van der Waals surface area contributed by atoms with Crippen LogP contribution in [0, 0.1) is 6.92 Å². The minimum Gasteiger partial charge on any atom is -0.370 e. The first kappa shape index (κ1) is 15.1. The molecule has 1 aliphatic rings. The number of carbonyl (C=O) groups is 1. The number of rotatable bonds is 4. The number of aryl methyl sites for hydroxylation is 1. The van der Waals surface area contributed by atoms with Crippen molar-refractivity contribution in [3.8, 4) is 0 Å². The third-order valence-corrected chi connectivity index (χ3v) is 4.65. The molecule has 1 heterocycles. The minimum atomic E-state index is 0.0499. The summed E-state index contributed by atoms with van der Waals surface area (Å²) in [6.07, 6.45) is 1.57. The van der Waals surface area contributed by atoms with E-state index in [1.54, 1.807) is 0 Å². The molecule has 114 valence electrons. The van der Waals surface area contributed by atoms with E-state index >= 15 is 0 Å². The predicted octanol–water partition coefficient (Wildman–Crippen LogP) is 4.15. The Labute approximate surface area is 139 Å². The lowest BCUT2D eigenvalue weighted by molar-refractivity contribution is -0.116. The lowest BCUT2D eigenvalue weighted by Crippen LogP contribution is -2.26. The van der Waals surface area contributed by atoms with E-state index in [1.807, 2.05) is 25.1 Å². The number of nitrogens with zero attached hydrogens (tertiary/aromatic N) is 1. The van der Waals surface area contributed by atoms with Crippen LogP contribution in [0.4, 0.5) is 11.4 Å². The highest BCUT2D eigenvalue weighted by molar-refractivity contribution is 9.10. The molecule has 1 amide bonds. The highest BCUT2D eigenvalue weighted by Crippen LogP contribution is 2.27. The first-order chi connectivity index (χ1) is 10.6. The smallest absolute Gasteiger partial charge is 0.226 e. The Morgan fingerprint density at radius 1 is 1.27 bits per heavy atom. The number of hydrogen-bond donors (Lipinski definition) is 1. The molecule has 0 bridgehead atoms. The minimum absolute atomic E-state index is 0.0499. The second-order valence-corrected chi connectivity index (χ2v) is 6.50. The van der Waals surface area contributed by atoms with Gasteiger partial charge in [0, 0.05) is 29.7 Å². The average Bonchev–Trinajstić information content (AvgIpc) is 2.91. The number of carbonyl (C=O) groups excluding carboxylic acids is 1. The molecule has 0 saturated carbocycles. The molecule has 0 unspecified atom stereocenters. The summed E-state index contributed by atoms with van der Waals surface area (Å²) < 4.78 is 0.923. The molecular formula is C18H19BrN2O. The number of amides is 1. The van der Waals surface area contributed by atoms with E-state index in [0.717, 1.165) is 29.7 Å². The maximum Gasteiger partial charge on any atom is 0.226 e. The van der Waals surface area contributed by atoms with Gasteiger partial charge in [0.05, 0.1) is 5.69 Å². The van der Waals surface area contributed by atoms with Gasteiger partial charge in [0.2, 0.25) is 5.91 Å². The van der Waals surface area contributed by atoms with E-state index in [4.69, 9.17) is 0 Å². The molecule has 2 aromatic rings. The quantitative estimate of drug-likeness (QED) is 0.890. The summed E-state index contributed by atoms with van der Waals surface area (Å²) in [5.74, 6) is 0.0499. The molecule has 1 N–H and O–H groups in total. The molecule has 0 atom stereocenters. The molecular weight excluding hydrogens is 340 g/mol. The van der Waals surface area contributed by atoms with Crippen LogP contribution < -0.4 is 10.2 Å². The normalized spacial score (nSPS) is 13.1. The van der Waals surface area contributed by atoms with Crippen molar-refractivity contribution in [3.05, 3.63) is 58.1 Å². The highest BCUT2D eigenvalue weighted by Gasteiger charge is 2.18. The standard InChI is InChI=1S/C18H19BrN2O/c1-13-6-7-16(15(19)12-13)20-18(22)9-11-21-10-8-14-4-2-3-5-17(14)21/h2-7,12H,8-11H2,1H3,(H,20,22). The number of fused-ring (bicyclic) bond motifs is 1. The summed E-state index contributed by atoms with van der Waals surface area (Å²) in [6.45, 7) is 3.79. The van der Waals surface area contributed by atoms with Crippen molar-refractivity contribution in [1.82, 2.24) is 0 Å². The molecule has 1 aliphatic heterocycles. The van der Waals surface area contributed by atoms with E-state index in [9.17, 15) is 4.79 Å². The average molecular weight is 359 g/mol. The second-order valence-electron chi connectivity index (χ2n) is 5.65. The van der Waals surface area contributed by atoms with Crippen LogP contribution in [-0.2, 0) is 11.2 Å². The summed E-state index contributed by atoms with van der Waals surface area (Å²) >= 11 is 3.49. The Morgan fingerprint density at radius 3 is 2.91 bits per heavy atom. The lowest BCUT2D eigenvalue weighted by Gasteiger charge is -2.19. The number of para-hydroxylation sites is 1. The molecule has 0 aliphatic carbocycles. The van der Waals surface area contributed by atoms with Gasteiger partial charge in [-0.05, 0) is 58.6 Å². The SMILES string of the molecule is Cc1ccc(NC(=O)CCN2CCc3ccccc32)c(Br)c1. The topological polar surface area (TPSA) is 32.3 Å². The Balaban J connectivity index is 1.57. The lowest BCUT2D eigenvalue weighted by atomic mass is 10.2. The van der Waals surface area contributed by atoms with Crippen molar-refractivity contribution in [1.29, 1.82) is 0 Å². The summed E-state index contributed by atoms with van der Waals surface area (Å²) in [4.78, 5) is 14.5. The van der Waals surface area contributed by atoms with Crippen LogP contribution >= 0.6 is 15.9 Å². The Bertz CT molecular complexity index is 699. The Hall–Kier alpha value is -1.81. The summed E-state index contributed by atoms with van der Waals surface area (Å²) in [6, 6.07) is 14.4. The number of halogens is 1. The zero-order chi connectivity index (χ0) is 15.5. The van der Waals surface area contributed by atoms with E-state index < -0.39 is 0 Å². The summed E-state index contributed by atoms with van der Waals surface area (Å²) in [7, 11) is 0. The summed E-state index contributed by atoms with van der Waals surface area (Å²) in [5, 5.41) is 2.97. The van der Waals surface area contributed by atoms with Crippen LogP contribution in [0.15, 0.2) is 46.9 Å². The second kappa shape index (κ2) is 6.53. The van der Waals surface area contributed by atoms with Crippen LogP contribution in [0.2, 0.25) is 0 Å². The Morgan fingerprint density at radius 2 is 2.09 bits per heavy atom. The van der Waals surface area contributed by atoms with Gasteiger partial charge in [-0.3, -0.25) is 4.79 Å². The van der Waals surface area contributed by atoms with E-state index in [1.165, 1.54) is 16.8 Å². The van der Waals surface area contributed by atoms with E-state index in [-0.39, 0.29) is 5.91 Å². The van der Waals surface area contributed by atoms with Crippen molar-refractivity contribution >= 4 is 33.2 Å². The van der Waals surface area contributed by atoms with Crippen molar-refractivity contribution in [2.24, 2.45) is 0 Å². The molecule has 2 aromatic carbocycles. The molecule has 3 nitrogen and oxygen atoms in total. The molecule has 0 radical (unpaired) electrons. The van der Waals surface area contributed by atoms with Gasteiger partial charge in [0.15, 0.2) is 0 Å². The monoisotopic (exact) mass is 358 g/mol. The van der Waals surface area contributed by atoms with Crippen LogP contribution in [-0.4, -0.2) is 19.0 Å². The fourth-order valence-corrected chi connectivity index (χ4v) is 3.40. The first-order valence-corrected chi connectivity index (χ1v) is 8.31. The van der Waals surface area contributed by atoms with E-state index in [0.29, 0.717) is 6.42 Å². The van der Waals surface area contributed by atoms with Crippen LogP contribution in [0.25, 0.3) is 0 Å². The van der Waals surface area contributed by atoms with Crippen molar-refractivity contribution in [3.63, 3.8) is 0 Å². The first-order valence-electron chi connectivity index (χ1n) is 7.52. The van der Waals surface area contributed by atoms with Crippen LogP contribution in [0.3, 0.4) is 0 Å². The zero-order valence-corrected chi connectivity index (χ0v) is 14.2. The van der Waals surface area contributed by atoms with Crippen molar-refractivity contribution < 1.29 is 4.79 Å². The molecule has 0 spiro atoms. The number of benzene rings is 2. The number of hydrogen-bond acceptors (Lipinski definition) is 2. The number of nitrogens with one attached hydrogen (secondary N) is 1. The van der Waals surface area contributed by atoms with Gasteiger partial charge in [-0.2, -0.15) is 0 Å². The maximum absolute atomic E-state index is 12.2. The van der Waals surface area contributed by atoms with Gasteiger partial charge < -0.3 is 10.2 Å². The molecule has 0 saturated heterocycles. The molecule has 22 heavy (non-hydrogen) atoms. The Kier molecular flexibility index (Phi) is 4.48. The highest BCUT2D eigenvalue weighted by atomic mass is 79.9. The predicted molar refractivity (Wildman–Crippen MR) is 94.5 cm³/mol. The van der Waals surface area contributed by atoms with Gasteiger partial charge in [-0.25, -0.2) is 0 Å². The van der Waals surface area contributed by atoms with Crippen molar-refractivity contribution in [2.45, 2.75) is 19.8 Å². The largest absolute Gasteiger partial charge is 0.370 e. The summed E-state index contributed by atoms with van der Waals surface area (Å²) in [5.41, 5.74) is 4.65. The zero-order valence-electron chi connectivity index (χ0n) is 12.6.